The molecule has 0 radical (unpaired) electrons. The molecule has 1 aliphatic rings. The first-order chi connectivity index (χ1) is 16.9. The molecule has 0 amide bonds. The SMILES string of the molecule is COc1cc(C(c2nnnn2C(C)(C)C)N2CCN(Cc3ccccc3)CC2)cc(OC)c1OC.Cl. The number of ether oxygens (including phenoxy) is 3. The van der Waals surface area contributed by atoms with Crippen LogP contribution in [-0.2, 0) is 12.1 Å². The summed E-state index contributed by atoms with van der Waals surface area (Å²) in [6.07, 6.45) is 0. The van der Waals surface area contributed by atoms with Crippen LogP contribution in [0.15, 0.2) is 42.5 Å². The Morgan fingerprint density at radius 1 is 0.889 bits per heavy atom. The highest BCUT2D eigenvalue weighted by Crippen LogP contribution is 2.42. The van der Waals surface area contributed by atoms with E-state index in [1.54, 1.807) is 21.3 Å². The Balaban J connectivity index is 0.00000361. The number of rotatable bonds is 8. The largest absolute Gasteiger partial charge is 0.493 e. The van der Waals surface area contributed by atoms with Crippen molar-refractivity contribution in [2.24, 2.45) is 0 Å². The smallest absolute Gasteiger partial charge is 0.203 e. The standard InChI is InChI=1S/C26H36N6O3.ClH/c1-26(2,3)32-25(27-28-29-32)23(20-16-21(33-4)24(35-6)22(17-20)34-5)31-14-12-30(13-15-31)18-19-10-8-7-9-11-19;/h7-11,16-17,23H,12-15,18H2,1-6H3;1H. The van der Waals surface area contributed by atoms with Gasteiger partial charge in [0.25, 0.3) is 0 Å². The minimum Gasteiger partial charge on any atom is -0.493 e. The van der Waals surface area contributed by atoms with Gasteiger partial charge in [-0.05, 0) is 54.5 Å². The van der Waals surface area contributed by atoms with Crippen LogP contribution in [0.5, 0.6) is 17.2 Å². The molecule has 1 atom stereocenters. The molecule has 1 unspecified atom stereocenters. The molecule has 1 aromatic heterocycles. The molecule has 1 saturated heterocycles. The molecule has 0 N–H and O–H groups in total. The molecule has 2 heterocycles. The number of aromatic nitrogens is 4. The van der Waals surface area contributed by atoms with Crippen LogP contribution in [0.2, 0.25) is 0 Å². The summed E-state index contributed by atoms with van der Waals surface area (Å²) in [5, 5.41) is 12.9. The lowest BCUT2D eigenvalue weighted by molar-refractivity contribution is 0.0977. The van der Waals surface area contributed by atoms with E-state index in [0.29, 0.717) is 17.2 Å². The summed E-state index contributed by atoms with van der Waals surface area (Å²) in [4.78, 5) is 4.93. The molecule has 0 bridgehead atoms. The van der Waals surface area contributed by atoms with Gasteiger partial charge in [-0.2, -0.15) is 0 Å². The number of methoxy groups -OCH3 is 3. The number of nitrogens with zero attached hydrogens (tertiary/aromatic N) is 6. The van der Waals surface area contributed by atoms with E-state index in [2.05, 4.69) is 76.4 Å². The fourth-order valence-electron chi connectivity index (χ4n) is 4.65. The maximum atomic E-state index is 5.66. The fraction of sp³-hybridized carbons (Fsp3) is 0.500. The molecule has 36 heavy (non-hydrogen) atoms. The van der Waals surface area contributed by atoms with Crippen molar-refractivity contribution >= 4 is 12.4 Å². The number of halogens is 1. The lowest BCUT2D eigenvalue weighted by atomic mass is 10.00. The second kappa shape index (κ2) is 11.9. The third-order valence-corrected chi connectivity index (χ3v) is 6.40. The highest BCUT2D eigenvalue weighted by molar-refractivity contribution is 5.85. The molecule has 2 aromatic carbocycles. The Hall–Kier alpha value is -2.88. The molecule has 0 spiro atoms. The van der Waals surface area contributed by atoms with Crippen molar-refractivity contribution in [2.75, 3.05) is 47.5 Å². The van der Waals surface area contributed by atoms with Crippen LogP contribution in [0.25, 0.3) is 0 Å². The lowest BCUT2D eigenvalue weighted by Gasteiger charge is -2.39. The van der Waals surface area contributed by atoms with Gasteiger partial charge in [-0.25, -0.2) is 4.68 Å². The van der Waals surface area contributed by atoms with Gasteiger partial charge in [0, 0.05) is 32.7 Å². The Morgan fingerprint density at radius 3 is 2.03 bits per heavy atom. The van der Waals surface area contributed by atoms with E-state index in [4.69, 9.17) is 14.2 Å². The minimum absolute atomic E-state index is 0. The maximum absolute atomic E-state index is 5.66. The Bertz CT molecular complexity index is 1090. The van der Waals surface area contributed by atoms with Crippen molar-refractivity contribution in [3.05, 3.63) is 59.4 Å². The van der Waals surface area contributed by atoms with Crippen LogP contribution >= 0.6 is 12.4 Å². The summed E-state index contributed by atoms with van der Waals surface area (Å²) in [7, 11) is 4.89. The van der Waals surface area contributed by atoms with E-state index in [-0.39, 0.29) is 24.0 Å². The lowest BCUT2D eigenvalue weighted by Crippen LogP contribution is -2.48. The quantitative estimate of drug-likeness (QED) is 0.447. The molecule has 0 saturated carbocycles. The number of benzene rings is 2. The first-order valence-electron chi connectivity index (χ1n) is 11.9. The zero-order valence-electron chi connectivity index (χ0n) is 22.0. The number of piperazine rings is 1. The molecular weight excluding hydrogens is 480 g/mol. The average molecular weight is 517 g/mol. The first-order valence-corrected chi connectivity index (χ1v) is 11.9. The van der Waals surface area contributed by atoms with Crippen LogP contribution in [0.3, 0.4) is 0 Å². The Kier molecular flexibility index (Phi) is 9.16. The van der Waals surface area contributed by atoms with Crippen molar-refractivity contribution in [3.63, 3.8) is 0 Å². The summed E-state index contributed by atoms with van der Waals surface area (Å²) in [5.41, 5.74) is 2.06. The minimum atomic E-state index is -0.271. The van der Waals surface area contributed by atoms with Crippen molar-refractivity contribution < 1.29 is 14.2 Å². The van der Waals surface area contributed by atoms with Gasteiger partial charge in [0.15, 0.2) is 17.3 Å². The summed E-state index contributed by atoms with van der Waals surface area (Å²) >= 11 is 0. The van der Waals surface area contributed by atoms with Gasteiger partial charge >= 0.3 is 0 Å². The highest BCUT2D eigenvalue weighted by Gasteiger charge is 2.34. The van der Waals surface area contributed by atoms with Gasteiger partial charge in [0.05, 0.1) is 32.9 Å². The molecule has 3 aromatic rings. The number of tetrazole rings is 1. The van der Waals surface area contributed by atoms with Crippen LogP contribution in [0, 0.1) is 0 Å². The van der Waals surface area contributed by atoms with Crippen LogP contribution in [0.1, 0.15) is 43.8 Å². The van der Waals surface area contributed by atoms with E-state index < -0.39 is 0 Å². The maximum Gasteiger partial charge on any atom is 0.203 e. The van der Waals surface area contributed by atoms with Gasteiger partial charge < -0.3 is 14.2 Å². The van der Waals surface area contributed by atoms with Crippen LogP contribution in [-0.4, -0.2) is 77.5 Å². The van der Waals surface area contributed by atoms with Crippen molar-refractivity contribution in [1.82, 2.24) is 30.0 Å². The van der Waals surface area contributed by atoms with E-state index in [1.807, 2.05) is 16.8 Å². The normalized spacial score (nSPS) is 15.7. The summed E-state index contributed by atoms with van der Waals surface area (Å²) in [6.45, 7) is 10.9. The van der Waals surface area contributed by atoms with Crippen molar-refractivity contribution in [2.45, 2.75) is 38.9 Å². The molecule has 9 nitrogen and oxygen atoms in total. The average Bonchev–Trinajstić information content (AvgIpc) is 3.35. The third kappa shape index (κ3) is 5.91. The van der Waals surface area contributed by atoms with E-state index in [9.17, 15) is 0 Å². The predicted molar refractivity (Wildman–Crippen MR) is 141 cm³/mol. The first kappa shape index (κ1) is 27.7. The van der Waals surface area contributed by atoms with Gasteiger partial charge in [-0.1, -0.05) is 30.3 Å². The third-order valence-electron chi connectivity index (χ3n) is 6.40. The van der Waals surface area contributed by atoms with Crippen LogP contribution in [0.4, 0.5) is 0 Å². The molecular formula is C26H37ClN6O3. The summed E-state index contributed by atoms with van der Waals surface area (Å²) in [5.74, 6) is 2.59. The molecule has 0 aliphatic carbocycles. The molecule has 196 valence electrons. The highest BCUT2D eigenvalue weighted by atomic mass is 35.5. The van der Waals surface area contributed by atoms with Crippen molar-refractivity contribution in [1.29, 1.82) is 0 Å². The van der Waals surface area contributed by atoms with E-state index in [1.165, 1.54) is 5.56 Å². The molecule has 10 heteroatoms. The fourth-order valence-corrected chi connectivity index (χ4v) is 4.65. The monoisotopic (exact) mass is 516 g/mol. The predicted octanol–water partition coefficient (Wildman–Crippen LogP) is 3.78. The molecule has 1 aliphatic heterocycles. The molecule has 4 rings (SSSR count). The number of hydrogen-bond donors (Lipinski definition) is 0. The molecule has 1 fully saturated rings. The zero-order valence-corrected chi connectivity index (χ0v) is 22.8. The Morgan fingerprint density at radius 2 is 1.50 bits per heavy atom. The summed E-state index contributed by atoms with van der Waals surface area (Å²) in [6, 6.07) is 14.5. The zero-order chi connectivity index (χ0) is 25.0. The topological polar surface area (TPSA) is 77.8 Å². The van der Waals surface area contributed by atoms with E-state index >= 15 is 0 Å². The summed E-state index contributed by atoms with van der Waals surface area (Å²) < 4.78 is 18.8. The van der Waals surface area contributed by atoms with Gasteiger partial charge in [-0.3, -0.25) is 9.80 Å². The van der Waals surface area contributed by atoms with E-state index in [0.717, 1.165) is 44.1 Å². The van der Waals surface area contributed by atoms with Crippen molar-refractivity contribution in [3.8, 4) is 17.2 Å². The second-order valence-electron chi connectivity index (χ2n) is 9.78. The number of hydrogen-bond acceptors (Lipinski definition) is 8. The van der Waals surface area contributed by atoms with Gasteiger partial charge in [0.1, 0.15) is 0 Å². The Labute approximate surface area is 219 Å². The van der Waals surface area contributed by atoms with Crippen LogP contribution < -0.4 is 14.2 Å². The van der Waals surface area contributed by atoms with Gasteiger partial charge in [-0.15, -0.1) is 17.5 Å². The van der Waals surface area contributed by atoms with Gasteiger partial charge in [0.2, 0.25) is 5.75 Å². The second-order valence-corrected chi connectivity index (χ2v) is 9.78.